The summed E-state index contributed by atoms with van der Waals surface area (Å²) in [7, 11) is 0. The molecular formula is C40H63NO8. The van der Waals surface area contributed by atoms with E-state index in [1.807, 2.05) is 19.1 Å². The average Bonchev–Trinajstić information content (AvgIpc) is 3.26. The summed E-state index contributed by atoms with van der Waals surface area (Å²) >= 11 is 0. The molecule has 5 aliphatic carbocycles. The van der Waals surface area contributed by atoms with Gasteiger partial charge in [-0.05, 0) is 142 Å². The van der Waals surface area contributed by atoms with Gasteiger partial charge in [0.05, 0.1) is 43.3 Å². The number of carbonyl (C=O) groups excluding carboxylic acids is 2. The highest BCUT2D eigenvalue weighted by Crippen LogP contribution is 2.87. The highest BCUT2D eigenvalue weighted by Gasteiger charge is 2.80. The van der Waals surface area contributed by atoms with Gasteiger partial charge in [-0.2, -0.15) is 0 Å². The van der Waals surface area contributed by atoms with Crippen LogP contribution in [-0.4, -0.2) is 78.4 Å². The van der Waals surface area contributed by atoms with Crippen molar-refractivity contribution in [3.8, 4) is 0 Å². The van der Waals surface area contributed by atoms with Crippen molar-refractivity contribution in [2.24, 2.45) is 45.3 Å². The summed E-state index contributed by atoms with van der Waals surface area (Å²) in [5.74, 6) is 3.23. The van der Waals surface area contributed by atoms with Crippen LogP contribution in [0.2, 0.25) is 0 Å². The third kappa shape index (κ3) is 5.90. The van der Waals surface area contributed by atoms with E-state index in [9.17, 15) is 14.7 Å². The smallest absolute Gasteiger partial charge is 0.303 e. The van der Waals surface area contributed by atoms with E-state index < -0.39 is 11.7 Å². The Labute approximate surface area is 294 Å². The molecule has 0 bridgehead atoms. The Hall–Kier alpha value is -1.94. The molecule has 5 saturated carbocycles. The van der Waals surface area contributed by atoms with Crippen LogP contribution in [0.5, 0.6) is 0 Å². The fraction of sp³-hybridized carbons (Fsp3) is 0.850. The molecule has 3 heterocycles. The fourth-order valence-electron chi connectivity index (χ4n) is 12.9. The van der Waals surface area contributed by atoms with E-state index in [2.05, 4.69) is 20.8 Å². The van der Waals surface area contributed by atoms with Crippen molar-refractivity contribution in [1.82, 2.24) is 4.90 Å². The van der Waals surface area contributed by atoms with Gasteiger partial charge in [0.25, 0.3) is 0 Å². The van der Waals surface area contributed by atoms with Crippen LogP contribution in [0, 0.1) is 52.3 Å². The monoisotopic (exact) mass is 685 g/mol. The predicted octanol–water partition coefficient (Wildman–Crippen LogP) is 6.93. The molecule has 1 amide bonds. The van der Waals surface area contributed by atoms with Crippen molar-refractivity contribution in [2.75, 3.05) is 19.7 Å². The number of ether oxygens (including phenoxy) is 4. The largest absolute Gasteiger partial charge is 0.470 e. The first-order chi connectivity index (χ1) is 23.1. The third-order valence-electron chi connectivity index (χ3n) is 15.1. The highest BCUT2D eigenvalue weighted by atomic mass is 16.7. The van der Waals surface area contributed by atoms with Crippen molar-refractivity contribution in [2.45, 2.75) is 149 Å². The number of hydrogen-bond donors (Lipinski definition) is 1. The van der Waals surface area contributed by atoms with Gasteiger partial charge < -0.3 is 33.4 Å². The van der Waals surface area contributed by atoms with Crippen LogP contribution in [-0.2, 0) is 28.5 Å². The molecule has 0 radical (unpaired) electrons. The normalized spacial score (nSPS) is 44.0. The Morgan fingerprint density at radius 2 is 1.86 bits per heavy atom. The zero-order valence-electron chi connectivity index (χ0n) is 31.0. The number of aryl methyl sites for hydroxylation is 1. The number of aliphatic hydroxyl groups is 1. The van der Waals surface area contributed by atoms with Crippen LogP contribution in [0.4, 0.5) is 0 Å². The van der Waals surface area contributed by atoms with E-state index in [0.717, 1.165) is 43.8 Å². The summed E-state index contributed by atoms with van der Waals surface area (Å²) in [6.45, 7) is 16.0. The number of amides is 1. The number of nitrogens with zero attached hydrogens (tertiary/aromatic N) is 1. The van der Waals surface area contributed by atoms with Gasteiger partial charge >= 0.3 is 5.97 Å². The van der Waals surface area contributed by atoms with E-state index in [0.29, 0.717) is 53.7 Å². The second-order valence-corrected chi connectivity index (χ2v) is 18.3. The second kappa shape index (κ2) is 12.6. The first kappa shape index (κ1) is 35.5. The maximum Gasteiger partial charge on any atom is 0.303 e. The van der Waals surface area contributed by atoms with Gasteiger partial charge in [0.1, 0.15) is 5.76 Å². The van der Waals surface area contributed by atoms with Gasteiger partial charge in [0.2, 0.25) is 6.41 Å². The van der Waals surface area contributed by atoms with Crippen LogP contribution in [0.1, 0.15) is 113 Å². The summed E-state index contributed by atoms with van der Waals surface area (Å²) in [6.07, 6.45) is 13.6. The summed E-state index contributed by atoms with van der Waals surface area (Å²) in [5, 5.41) is 10.9. The van der Waals surface area contributed by atoms with E-state index in [4.69, 9.17) is 23.4 Å². The van der Waals surface area contributed by atoms with Crippen LogP contribution in [0.15, 0.2) is 22.8 Å². The van der Waals surface area contributed by atoms with E-state index >= 15 is 0 Å². The van der Waals surface area contributed by atoms with Crippen LogP contribution < -0.4 is 0 Å². The van der Waals surface area contributed by atoms with Gasteiger partial charge in [-0.1, -0.05) is 20.8 Å². The fourth-order valence-corrected chi connectivity index (χ4v) is 12.9. The Bertz CT molecular complexity index is 1360. The number of esters is 1. The molecule has 7 fully saturated rings. The van der Waals surface area contributed by atoms with E-state index in [1.54, 1.807) is 25.0 Å². The third-order valence-corrected chi connectivity index (χ3v) is 15.1. The minimum atomic E-state index is -1.15. The standard InChI is InChI=1S/C35H55NO7.C5H6O.H2/c1-21(38)41-30(32(4,5)39)25-9-7-23-26(42-25)17-24-22-8-10-27-31(2,3)28(43-29-18-36(20-37)15-16-40-29)11-12-35(27)19-34(22,35)14-13-33(23,24)6;1-5-3-2-4-6-5;/h20,22-30,39H,7-19H2,1-6H3;2-4H,1H3;1H/t22?,23?,24?,25?,26?,27?,28-,29?,30-,33+,34?,35+;;/m0../s1. The second-order valence-electron chi connectivity index (χ2n) is 18.3. The molecule has 7 aliphatic rings. The minimum absolute atomic E-state index is 0. The van der Waals surface area contributed by atoms with Crippen molar-refractivity contribution >= 4 is 12.4 Å². The maximum absolute atomic E-state index is 11.9. The lowest BCUT2D eigenvalue weighted by Crippen LogP contribution is -2.56. The van der Waals surface area contributed by atoms with Gasteiger partial charge in [-0.3, -0.25) is 9.59 Å². The molecule has 2 saturated heterocycles. The molecule has 9 nitrogen and oxygen atoms in total. The lowest BCUT2D eigenvalue weighted by Gasteiger charge is -2.60. The van der Waals surface area contributed by atoms with Gasteiger partial charge in [-0.25, -0.2) is 0 Å². The molecule has 12 atom stereocenters. The number of hydrogen-bond acceptors (Lipinski definition) is 8. The first-order valence-electron chi connectivity index (χ1n) is 19.2. The quantitative estimate of drug-likeness (QED) is 0.254. The first-order valence-corrected chi connectivity index (χ1v) is 19.2. The van der Waals surface area contributed by atoms with Crippen molar-refractivity contribution in [1.29, 1.82) is 0 Å². The van der Waals surface area contributed by atoms with Gasteiger partial charge in [0.15, 0.2) is 12.4 Å². The Morgan fingerprint density at radius 3 is 2.51 bits per heavy atom. The topological polar surface area (TPSA) is 108 Å². The number of morpholine rings is 1. The maximum atomic E-state index is 11.9. The van der Waals surface area contributed by atoms with Crippen LogP contribution in [0.3, 0.4) is 0 Å². The summed E-state index contributed by atoms with van der Waals surface area (Å²) in [5.41, 5.74) is 0.114. The van der Waals surface area contributed by atoms with Crippen molar-refractivity contribution < 1.29 is 39.5 Å². The van der Waals surface area contributed by atoms with Crippen molar-refractivity contribution in [3.05, 3.63) is 24.2 Å². The summed E-state index contributed by atoms with van der Waals surface area (Å²) in [4.78, 5) is 25.1. The zero-order chi connectivity index (χ0) is 35.0. The highest BCUT2D eigenvalue weighted by molar-refractivity contribution is 5.66. The van der Waals surface area contributed by atoms with E-state index in [-0.39, 0.29) is 37.4 Å². The molecular weight excluding hydrogens is 622 g/mol. The lowest BCUT2D eigenvalue weighted by atomic mass is 9.46. The lowest BCUT2D eigenvalue weighted by molar-refractivity contribution is -0.243. The Morgan fingerprint density at radius 1 is 1.08 bits per heavy atom. The summed E-state index contributed by atoms with van der Waals surface area (Å²) < 4.78 is 29.9. The molecule has 8 unspecified atom stereocenters. The molecule has 2 aliphatic heterocycles. The summed E-state index contributed by atoms with van der Waals surface area (Å²) in [6, 6.07) is 3.79. The number of furan rings is 1. The number of rotatable bonds is 6. The van der Waals surface area contributed by atoms with E-state index in [1.165, 1.54) is 45.4 Å². The SMILES string of the molecule is CC(=O)O[C@@H](C1CCC2C(CC3C4CCC5C(C)(C)[C@@H](OC6CN(C=O)CCO6)CC[C@@]56CC46CC[C@]23C)O1)C(C)(C)O.Cc1ccco1.[HH]. The molecule has 276 valence electrons. The predicted molar refractivity (Wildman–Crippen MR) is 185 cm³/mol. The number of carbonyl (C=O) groups is 2. The molecule has 8 rings (SSSR count). The zero-order valence-corrected chi connectivity index (χ0v) is 31.0. The van der Waals surface area contributed by atoms with Crippen LogP contribution >= 0.6 is 0 Å². The molecule has 2 spiro atoms. The van der Waals surface area contributed by atoms with Crippen LogP contribution in [0.25, 0.3) is 0 Å². The molecule has 1 aromatic heterocycles. The molecule has 1 N–H and O–H groups in total. The van der Waals surface area contributed by atoms with Gasteiger partial charge in [0, 0.05) is 14.9 Å². The minimum Gasteiger partial charge on any atom is -0.470 e. The number of fused-ring (bicyclic) bond motifs is 4. The Balaban J connectivity index is 0.000000561. The molecule has 49 heavy (non-hydrogen) atoms. The Kier molecular flexibility index (Phi) is 9.14. The molecule has 9 heteroatoms. The van der Waals surface area contributed by atoms with Gasteiger partial charge in [-0.15, -0.1) is 0 Å². The molecule has 1 aromatic rings. The van der Waals surface area contributed by atoms with Crippen molar-refractivity contribution in [3.63, 3.8) is 0 Å². The molecule has 0 aromatic carbocycles. The average molecular weight is 686 g/mol.